The molecule has 57 heavy (non-hydrogen) atoms. The monoisotopic (exact) mass is 732 g/mol. The molecule has 0 fully saturated rings. The molecule has 10 rings (SSSR count). The van der Waals surface area contributed by atoms with Crippen molar-refractivity contribution in [3.8, 4) is 44.5 Å². The lowest BCUT2D eigenvalue weighted by atomic mass is 9.83. The Bertz CT molecular complexity index is 3030. The molecule has 0 heteroatoms. The predicted octanol–water partition coefficient (Wildman–Crippen LogP) is 16.9. The van der Waals surface area contributed by atoms with Gasteiger partial charge in [-0.15, -0.1) is 0 Å². The number of unbranched alkanes of at least 4 members (excludes halogenated alkanes) is 2. The van der Waals surface area contributed by atoms with Crippen LogP contribution in [0.25, 0.3) is 98.4 Å². The average molecular weight is 733 g/mol. The van der Waals surface area contributed by atoms with Gasteiger partial charge in [0.15, 0.2) is 0 Å². The Balaban J connectivity index is 0.000000798. The summed E-state index contributed by atoms with van der Waals surface area (Å²) in [6.07, 6.45) is 4.08. The van der Waals surface area contributed by atoms with Gasteiger partial charge in [0, 0.05) is 0 Å². The first-order valence-corrected chi connectivity index (χ1v) is 20.6. The molecule has 10 aromatic carbocycles. The average Bonchev–Trinajstić information content (AvgIpc) is 3.26. The van der Waals surface area contributed by atoms with E-state index < -0.39 is 0 Å². The third kappa shape index (κ3) is 6.56. The molecule has 0 atom stereocenters. The quantitative estimate of drug-likeness (QED) is 0.118. The molecule has 0 bridgehead atoms. The highest BCUT2D eigenvalue weighted by Crippen LogP contribution is 2.46. The van der Waals surface area contributed by atoms with Crippen LogP contribution in [0.3, 0.4) is 0 Å². The first-order valence-electron chi connectivity index (χ1n) is 20.6. The van der Waals surface area contributed by atoms with Gasteiger partial charge in [0.2, 0.25) is 0 Å². The van der Waals surface area contributed by atoms with E-state index in [1.807, 2.05) is 0 Å². The van der Waals surface area contributed by atoms with Crippen LogP contribution < -0.4 is 0 Å². The molecule has 0 N–H and O–H groups in total. The first kappa shape index (κ1) is 36.2. The standard InChI is InChI=1S/C52H36.C5H12/c1-33-26-27-40(32-49(33)50-34(2)41-18-5-6-19-42(41)43-20-7-8-21-44(43)50)52-47-24-11-9-22-45(47)51(46-23-10-12-25-48(46)52)39-17-13-16-37(31-39)38-29-28-35-14-3-4-15-36(35)30-38;1-3-5-4-2/h3-32H,1-2H3;3-5H2,1-2H3. The van der Waals surface area contributed by atoms with Gasteiger partial charge in [-0.3, -0.25) is 0 Å². The first-order chi connectivity index (χ1) is 28.1. The van der Waals surface area contributed by atoms with E-state index in [1.54, 1.807) is 0 Å². The molecule has 0 heterocycles. The van der Waals surface area contributed by atoms with Crippen molar-refractivity contribution in [1.29, 1.82) is 0 Å². The molecular weight excluding hydrogens is 685 g/mol. The van der Waals surface area contributed by atoms with Gasteiger partial charge in [0.05, 0.1) is 0 Å². The van der Waals surface area contributed by atoms with Crippen LogP contribution in [0.1, 0.15) is 44.2 Å². The number of rotatable bonds is 6. The SMILES string of the molecule is CCCCC.Cc1ccc(-c2c3ccccc3c(-c3cccc(-c4ccc5ccccc5c4)c3)c3ccccc23)cc1-c1c(C)c2ccccc2c2ccccc12. The molecule has 0 aliphatic rings. The fourth-order valence-electron chi connectivity index (χ4n) is 9.04. The van der Waals surface area contributed by atoms with Gasteiger partial charge in [-0.05, 0) is 142 Å². The highest BCUT2D eigenvalue weighted by Gasteiger charge is 2.20. The molecule has 0 spiro atoms. The van der Waals surface area contributed by atoms with Crippen LogP contribution in [0.4, 0.5) is 0 Å². The Hall–Kier alpha value is -6.50. The fourth-order valence-corrected chi connectivity index (χ4v) is 9.04. The molecule has 0 amide bonds. The summed E-state index contributed by atoms with van der Waals surface area (Å²) in [6.45, 7) is 8.97. The summed E-state index contributed by atoms with van der Waals surface area (Å²) in [5.41, 5.74) is 12.7. The van der Waals surface area contributed by atoms with Crippen LogP contribution in [-0.4, -0.2) is 0 Å². The van der Waals surface area contributed by atoms with Gasteiger partial charge in [-0.1, -0.05) is 197 Å². The molecule has 0 saturated carbocycles. The number of benzene rings is 10. The molecular formula is C57H48. The summed E-state index contributed by atoms with van der Waals surface area (Å²) >= 11 is 0. The van der Waals surface area contributed by atoms with E-state index in [1.165, 1.54) is 129 Å². The van der Waals surface area contributed by atoms with Gasteiger partial charge in [0.1, 0.15) is 0 Å². The van der Waals surface area contributed by atoms with Crippen molar-refractivity contribution < 1.29 is 0 Å². The Morgan fingerprint density at radius 2 is 0.754 bits per heavy atom. The largest absolute Gasteiger partial charge is 0.0654 e. The summed E-state index contributed by atoms with van der Waals surface area (Å²) in [5, 5.41) is 12.8. The third-order valence-corrected chi connectivity index (χ3v) is 11.9. The van der Waals surface area contributed by atoms with E-state index in [4.69, 9.17) is 0 Å². The van der Waals surface area contributed by atoms with Crippen LogP contribution in [0, 0.1) is 13.8 Å². The lowest BCUT2D eigenvalue weighted by Crippen LogP contribution is -1.94. The molecule has 0 unspecified atom stereocenters. The topological polar surface area (TPSA) is 0 Å². The highest BCUT2D eigenvalue weighted by molar-refractivity contribution is 6.22. The highest BCUT2D eigenvalue weighted by atomic mass is 14.2. The van der Waals surface area contributed by atoms with Crippen molar-refractivity contribution in [3.05, 3.63) is 193 Å². The van der Waals surface area contributed by atoms with Gasteiger partial charge in [-0.2, -0.15) is 0 Å². The van der Waals surface area contributed by atoms with E-state index in [9.17, 15) is 0 Å². The van der Waals surface area contributed by atoms with Crippen molar-refractivity contribution in [2.45, 2.75) is 47.0 Å². The number of hydrogen-bond acceptors (Lipinski definition) is 0. The van der Waals surface area contributed by atoms with E-state index in [-0.39, 0.29) is 0 Å². The van der Waals surface area contributed by atoms with Gasteiger partial charge in [-0.25, -0.2) is 0 Å². The van der Waals surface area contributed by atoms with E-state index in [2.05, 4.69) is 210 Å². The Labute approximate surface area is 337 Å². The maximum atomic E-state index is 2.45. The molecule has 0 radical (unpaired) electrons. The molecule has 0 nitrogen and oxygen atoms in total. The smallest absolute Gasteiger partial charge is 0.00262 e. The van der Waals surface area contributed by atoms with Crippen molar-refractivity contribution in [3.63, 3.8) is 0 Å². The Kier molecular flexibility index (Phi) is 9.87. The maximum absolute atomic E-state index is 2.45. The molecule has 0 aliphatic carbocycles. The van der Waals surface area contributed by atoms with Gasteiger partial charge in [0.25, 0.3) is 0 Å². The zero-order valence-corrected chi connectivity index (χ0v) is 33.4. The lowest BCUT2D eigenvalue weighted by Gasteiger charge is -2.20. The minimum Gasteiger partial charge on any atom is -0.0654 e. The van der Waals surface area contributed by atoms with Crippen LogP contribution >= 0.6 is 0 Å². The second-order valence-electron chi connectivity index (χ2n) is 15.5. The van der Waals surface area contributed by atoms with Gasteiger partial charge < -0.3 is 0 Å². The molecule has 0 saturated heterocycles. The lowest BCUT2D eigenvalue weighted by molar-refractivity contribution is 0.772. The Morgan fingerprint density at radius 3 is 1.33 bits per heavy atom. The number of hydrogen-bond donors (Lipinski definition) is 0. The van der Waals surface area contributed by atoms with Crippen LogP contribution in [0.15, 0.2) is 182 Å². The van der Waals surface area contributed by atoms with Crippen LogP contribution in [0.2, 0.25) is 0 Å². The van der Waals surface area contributed by atoms with Crippen LogP contribution in [0.5, 0.6) is 0 Å². The van der Waals surface area contributed by atoms with Crippen LogP contribution in [-0.2, 0) is 0 Å². The summed E-state index contributed by atoms with van der Waals surface area (Å²) in [7, 11) is 0. The second kappa shape index (κ2) is 15.6. The molecule has 276 valence electrons. The van der Waals surface area contributed by atoms with Crippen molar-refractivity contribution in [1.82, 2.24) is 0 Å². The van der Waals surface area contributed by atoms with E-state index >= 15 is 0 Å². The summed E-state index contributed by atoms with van der Waals surface area (Å²) in [5.74, 6) is 0. The molecule has 0 aromatic heterocycles. The normalized spacial score (nSPS) is 11.4. The number of fused-ring (bicyclic) bond motifs is 6. The van der Waals surface area contributed by atoms with Crippen molar-refractivity contribution in [2.24, 2.45) is 0 Å². The fraction of sp³-hybridized carbons (Fsp3) is 0.123. The molecule has 0 aliphatic heterocycles. The minimum atomic E-state index is 1.22. The summed E-state index contributed by atoms with van der Waals surface area (Å²) in [4.78, 5) is 0. The number of aryl methyl sites for hydroxylation is 2. The maximum Gasteiger partial charge on any atom is -0.00262 e. The predicted molar refractivity (Wildman–Crippen MR) is 250 cm³/mol. The van der Waals surface area contributed by atoms with Gasteiger partial charge >= 0.3 is 0 Å². The zero-order chi connectivity index (χ0) is 38.9. The Morgan fingerprint density at radius 1 is 0.316 bits per heavy atom. The summed E-state index contributed by atoms with van der Waals surface area (Å²) < 4.78 is 0. The third-order valence-electron chi connectivity index (χ3n) is 11.9. The van der Waals surface area contributed by atoms with E-state index in [0.29, 0.717) is 0 Å². The second-order valence-corrected chi connectivity index (χ2v) is 15.5. The minimum absolute atomic E-state index is 1.22. The molecule has 10 aromatic rings. The van der Waals surface area contributed by atoms with E-state index in [0.717, 1.165) is 0 Å². The van der Waals surface area contributed by atoms with Crippen molar-refractivity contribution >= 4 is 53.9 Å². The summed E-state index contributed by atoms with van der Waals surface area (Å²) in [6, 6.07) is 67.3. The zero-order valence-electron chi connectivity index (χ0n) is 33.4. The van der Waals surface area contributed by atoms with Crippen molar-refractivity contribution in [2.75, 3.05) is 0 Å².